The number of hydrogen-bond acceptors (Lipinski definition) is 5. The molecule has 0 amide bonds. The van der Waals surface area contributed by atoms with Crippen LogP contribution in [0.25, 0.3) is 0 Å². The second kappa shape index (κ2) is 7.41. The highest BCUT2D eigenvalue weighted by atomic mass is 35.5. The zero-order valence-electron chi connectivity index (χ0n) is 12.5. The fourth-order valence-corrected chi connectivity index (χ4v) is 3.28. The van der Waals surface area contributed by atoms with E-state index in [4.69, 9.17) is 5.73 Å². The predicted octanol–water partition coefficient (Wildman–Crippen LogP) is 1.22. The lowest BCUT2D eigenvalue weighted by Crippen LogP contribution is -2.38. The fraction of sp³-hybridized carbons (Fsp3) is 0.500. The van der Waals surface area contributed by atoms with Gasteiger partial charge in [-0.05, 0) is 49.4 Å². The number of halogens is 1. The van der Waals surface area contributed by atoms with E-state index in [0.717, 1.165) is 12.8 Å². The highest BCUT2D eigenvalue weighted by molar-refractivity contribution is 7.89. The van der Waals surface area contributed by atoms with Gasteiger partial charge in [0.2, 0.25) is 10.0 Å². The molecule has 1 atom stereocenters. The van der Waals surface area contributed by atoms with Gasteiger partial charge in [0.05, 0.1) is 17.6 Å². The summed E-state index contributed by atoms with van der Waals surface area (Å²) in [7, 11) is -2.33. The van der Waals surface area contributed by atoms with Gasteiger partial charge in [-0.1, -0.05) is 0 Å². The van der Waals surface area contributed by atoms with Crippen molar-refractivity contribution in [3.8, 4) is 0 Å². The molecule has 0 bridgehead atoms. The Hall–Kier alpha value is -1.15. The van der Waals surface area contributed by atoms with Crippen LogP contribution in [0.5, 0.6) is 0 Å². The van der Waals surface area contributed by atoms with E-state index in [0.29, 0.717) is 17.0 Å². The number of hydrogen-bond donors (Lipinski definition) is 2. The minimum Gasteiger partial charge on any atom is -0.465 e. The fourth-order valence-electron chi connectivity index (χ4n) is 2.12. The number of ether oxygens (including phenoxy) is 1. The molecule has 1 aromatic carbocycles. The summed E-state index contributed by atoms with van der Waals surface area (Å²) in [5.41, 5.74) is 6.79. The highest BCUT2D eigenvalue weighted by Crippen LogP contribution is 2.31. The largest absolute Gasteiger partial charge is 0.465 e. The quantitative estimate of drug-likeness (QED) is 0.753. The molecule has 0 heterocycles. The number of esters is 1. The number of aryl methyl sites for hydroxylation is 1. The molecular weight excluding hydrogens is 328 g/mol. The van der Waals surface area contributed by atoms with Gasteiger partial charge in [-0.15, -0.1) is 12.4 Å². The van der Waals surface area contributed by atoms with Crippen molar-refractivity contribution in [2.75, 3.05) is 13.7 Å². The summed E-state index contributed by atoms with van der Waals surface area (Å²) in [5.74, 6) is -0.0590. The molecule has 1 saturated carbocycles. The van der Waals surface area contributed by atoms with Gasteiger partial charge in [0.15, 0.2) is 0 Å². The molecule has 2 rings (SSSR count). The van der Waals surface area contributed by atoms with E-state index in [1.807, 2.05) is 0 Å². The third-order valence-corrected chi connectivity index (χ3v) is 5.07. The van der Waals surface area contributed by atoms with Gasteiger partial charge in [0, 0.05) is 12.6 Å². The van der Waals surface area contributed by atoms with Gasteiger partial charge in [-0.2, -0.15) is 0 Å². The molecule has 1 fully saturated rings. The lowest BCUT2D eigenvalue weighted by atomic mass is 10.1. The van der Waals surface area contributed by atoms with Crippen LogP contribution in [0, 0.1) is 12.8 Å². The van der Waals surface area contributed by atoms with Gasteiger partial charge in [0.25, 0.3) is 0 Å². The molecule has 0 aromatic heterocycles. The van der Waals surface area contributed by atoms with E-state index in [1.54, 1.807) is 6.92 Å². The monoisotopic (exact) mass is 348 g/mol. The van der Waals surface area contributed by atoms with Crippen molar-refractivity contribution in [2.45, 2.75) is 30.7 Å². The lowest BCUT2D eigenvalue weighted by Gasteiger charge is -2.13. The number of benzene rings is 1. The molecule has 8 heteroatoms. The van der Waals surface area contributed by atoms with Gasteiger partial charge < -0.3 is 10.5 Å². The molecule has 1 aliphatic carbocycles. The third-order valence-electron chi connectivity index (χ3n) is 3.65. The van der Waals surface area contributed by atoms with E-state index >= 15 is 0 Å². The van der Waals surface area contributed by atoms with Crippen molar-refractivity contribution in [3.63, 3.8) is 0 Å². The molecule has 0 radical (unpaired) electrons. The maximum Gasteiger partial charge on any atom is 0.338 e. The Morgan fingerprint density at radius 3 is 2.59 bits per heavy atom. The van der Waals surface area contributed by atoms with Crippen LogP contribution >= 0.6 is 12.4 Å². The Morgan fingerprint density at radius 2 is 2.09 bits per heavy atom. The van der Waals surface area contributed by atoms with Gasteiger partial charge >= 0.3 is 5.97 Å². The van der Waals surface area contributed by atoms with Crippen LogP contribution in [0.3, 0.4) is 0 Å². The number of carbonyl (C=O) groups excluding carboxylic acids is 1. The smallest absolute Gasteiger partial charge is 0.338 e. The minimum atomic E-state index is -3.61. The normalized spacial score (nSPS) is 15.8. The Labute approximate surface area is 136 Å². The van der Waals surface area contributed by atoms with Crippen LogP contribution in [0.4, 0.5) is 0 Å². The number of sulfonamides is 1. The Morgan fingerprint density at radius 1 is 1.45 bits per heavy atom. The van der Waals surface area contributed by atoms with Gasteiger partial charge in [0.1, 0.15) is 0 Å². The molecule has 22 heavy (non-hydrogen) atoms. The third kappa shape index (κ3) is 4.42. The van der Waals surface area contributed by atoms with E-state index in [2.05, 4.69) is 9.46 Å². The van der Waals surface area contributed by atoms with E-state index in [9.17, 15) is 13.2 Å². The molecule has 124 valence electrons. The average molecular weight is 349 g/mol. The van der Waals surface area contributed by atoms with Crippen LogP contribution in [0.2, 0.25) is 0 Å². The second-order valence-corrected chi connectivity index (χ2v) is 7.09. The van der Waals surface area contributed by atoms with Crippen LogP contribution in [-0.2, 0) is 14.8 Å². The first kappa shape index (κ1) is 18.9. The van der Waals surface area contributed by atoms with Crippen molar-refractivity contribution in [2.24, 2.45) is 11.7 Å². The number of rotatable bonds is 6. The minimum absolute atomic E-state index is 0. The van der Waals surface area contributed by atoms with Crippen LogP contribution < -0.4 is 10.5 Å². The molecule has 0 aliphatic heterocycles. The average Bonchev–Trinajstić information content (AvgIpc) is 3.28. The molecule has 1 unspecified atom stereocenters. The molecule has 3 N–H and O–H groups in total. The number of nitrogens with two attached hydrogens (primary N) is 1. The van der Waals surface area contributed by atoms with Crippen molar-refractivity contribution >= 4 is 28.4 Å². The summed E-state index contributed by atoms with van der Waals surface area (Å²) in [6, 6.07) is 4.16. The zero-order valence-corrected chi connectivity index (χ0v) is 14.2. The maximum absolute atomic E-state index is 12.2. The van der Waals surface area contributed by atoms with Crippen LogP contribution in [0.15, 0.2) is 23.1 Å². The number of nitrogens with one attached hydrogen (secondary N) is 1. The SMILES string of the molecule is COC(=O)c1ccc(S(=O)(=O)NCC(N)C2CC2)cc1C.Cl. The molecule has 0 saturated heterocycles. The number of carbonyl (C=O) groups is 1. The first-order valence-corrected chi connectivity index (χ1v) is 8.27. The Balaban J connectivity index is 0.00000242. The first-order valence-electron chi connectivity index (χ1n) is 6.79. The second-order valence-electron chi connectivity index (χ2n) is 5.32. The summed E-state index contributed by atoms with van der Waals surface area (Å²) in [6.07, 6.45) is 2.13. The summed E-state index contributed by atoms with van der Waals surface area (Å²) in [6.45, 7) is 1.89. The highest BCUT2D eigenvalue weighted by Gasteiger charge is 2.29. The van der Waals surface area contributed by atoms with E-state index in [-0.39, 0.29) is 29.9 Å². The van der Waals surface area contributed by atoms with Crippen LogP contribution in [-0.4, -0.2) is 34.1 Å². The van der Waals surface area contributed by atoms with Crippen molar-refractivity contribution in [1.82, 2.24) is 4.72 Å². The van der Waals surface area contributed by atoms with E-state index in [1.165, 1.54) is 25.3 Å². The summed E-state index contributed by atoms with van der Waals surface area (Å²) in [5, 5.41) is 0. The van der Waals surface area contributed by atoms with Crippen molar-refractivity contribution in [3.05, 3.63) is 29.3 Å². The molecule has 1 aliphatic rings. The molecular formula is C14H21ClN2O4S. The molecule has 1 aromatic rings. The molecule has 6 nitrogen and oxygen atoms in total. The van der Waals surface area contributed by atoms with Gasteiger partial charge in [-0.25, -0.2) is 17.9 Å². The Kier molecular flexibility index (Phi) is 6.37. The number of methoxy groups -OCH3 is 1. The maximum atomic E-state index is 12.2. The topological polar surface area (TPSA) is 98.5 Å². The summed E-state index contributed by atoms with van der Waals surface area (Å²) < 4.78 is 31.6. The molecule has 0 spiro atoms. The van der Waals surface area contributed by atoms with Crippen molar-refractivity contribution < 1.29 is 17.9 Å². The zero-order chi connectivity index (χ0) is 15.6. The first-order chi connectivity index (χ1) is 9.85. The van der Waals surface area contributed by atoms with Gasteiger partial charge in [-0.3, -0.25) is 0 Å². The standard InChI is InChI=1S/C14H20N2O4S.ClH/c1-9-7-11(5-6-12(9)14(17)20-2)21(18,19)16-8-13(15)10-3-4-10;/h5-7,10,13,16H,3-4,8,15H2,1-2H3;1H. The summed E-state index contributed by atoms with van der Waals surface area (Å²) in [4.78, 5) is 11.6. The summed E-state index contributed by atoms with van der Waals surface area (Å²) >= 11 is 0. The van der Waals surface area contributed by atoms with E-state index < -0.39 is 16.0 Å². The van der Waals surface area contributed by atoms with Crippen LogP contribution in [0.1, 0.15) is 28.8 Å². The lowest BCUT2D eigenvalue weighted by molar-refractivity contribution is 0.0600. The van der Waals surface area contributed by atoms with Crippen molar-refractivity contribution in [1.29, 1.82) is 0 Å². The Bertz CT molecular complexity index is 644. The predicted molar refractivity (Wildman–Crippen MR) is 85.7 cm³/mol.